The molecule has 16 heavy (non-hydrogen) atoms. The summed E-state index contributed by atoms with van der Waals surface area (Å²) in [4.78, 5) is 6.33. The molecule has 0 saturated carbocycles. The molecule has 0 bridgehead atoms. The molecule has 6 heteroatoms. The van der Waals surface area contributed by atoms with Gasteiger partial charge in [0.15, 0.2) is 11.0 Å². The summed E-state index contributed by atoms with van der Waals surface area (Å²) in [7, 11) is 2.09. The zero-order valence-electron chi connectivity index (χ0n) is 8.87. The maximum Gasteiger partial charge on any atom is 0.193 e. The third-order valence-corrected chi connectivity index (χ3v) is 3.56. The molecule has 2 aromatic heterocycles. The highest BCUT2D eigenvalue weighted by atomic mass is 32.2. The lowest BCUT2D eigenvalue weighted by Gasteiger charge is -2.23. The van der Waals surface area contributed by atoms with Crippen LogP contribution in [0.2, 0.25) is 0 Å². The van der Waals surface area contributed by atoms with Crippen molar-refractivity contribution >= 4 is 11.8 Å². The number of thioether (sulfide) groups is 1. The SMILES string of the molecule is CN1CSc2nnc(-c3cccnc3)n2C1. The van der Waals surface area contributed by atoms with E-state index in [4.69, 9.17) is 0 Å². The Morgan fingerprint density at radius 3 is 3.12 bits per heavy atom. The van der Waals surface area contributed by atoms with Gasteiger partial charge in [0.05, 0.1) is 12.5 Å². The van der Waals surface area contributed by atoms with Gasteiger partial charge in [0.2, 0.25) is 0 Å². The number of aromatic nitrogens is 4. The minimum absolute atomic E-state index is 0.833. The van der Waals surface area contributed by atoms with E-state index in [1.807, 2.05) is 18.3 Å². The molecule has 0 aliphatic carbocycles. The number of nitrogens with zero attached hydrogens (tertiary/aromatic N) is 5. The molecule has 82 valence electrons. The van der Waals surface area contributed by atoms with Crippen LogP contribution in [-0.2, 0) is 6.67 Å². The fourth-order valence-electron chi connectivity index (χ4n) is 1.68. The van der Waals surface area contributed by atoms with E-state index in [2.05, 4.69) is 31.7 Å². The Kier molecular flexibility index (Phi) is 2.37. The van der Waals surface area contributed by atoms with E-state index in [9.17, 15) is 0 Å². The predicted molar refractivity (Wildman–Crippen MR) is 61.7 cm³/mol. The van der Waals surface area contributed by atoms with Gasteiger partial charge in [-0.05, 0) is 19.2 Å². The Hall–Kier alpha value is -1.40. The van der Waals surface area contributed by atoms with Crippen LogP contribution in [0.25, 0.3) is 11.4 Å². The van der Waals surface area contributed by atoms with E-state index in [1.165, 1.54) is 0 Å². The van der Waals surface area contributed by atoms with Crippen LogP contribution in [0, 0.1) is 0 Å². The molecular formula is C10H11N5S. The molecule has 0 spiro atoms. The first-order valence-electron chi connectivity index (χ1n) is 4.99. The highest BCUT2D eigenvalue weighted by Gasteiger charge is 2.19. The van der Waals surface area contributed by atoms with Crippen LogP contribution >= 0.6 is 11.8 Å². The Morgan fingerprint density at radius 1 is 1.38 bits per heavy atom. The lowest BCUT2D eigenvalue weighted by atomic mass is 10.3. The molecule has 0 fully saturated rings. The number of hydrogen-bond donors (Lipinski definition) is 0. The predicted octanol–water partition coefficient (Wildman–Crippen LogP) is 1.29. The van der Waals surface area contributed by atoms with Gasteiger partial charge in [0.1, 0.15) is 0 Å². The molecule has 0 aromatic carbocycles. The first kappa shape index (κ1) is 9.80. The molecule has 0 atom stereocenters. The van der Waals surface area contributed by atoms with Gasteiger partial charge in [-0.25, -0.2) is 0 Å². The maximum atomic E-state index is 4.23. The van der Waals surface area contributed by atoms with Crippen LogP contribution in [0.1, 0.15) is 0 Å². The smallest absolute Gasteiger partial charge is 0.193 e. The molecule has 0 unspecified atom stereocenters. The molecule has 1 aliphatic rings. The van der Waals surface area contributed by atoms with E-state index in [1.54, 1.807) is 18.0 Å². The van der Waals surface area contributed by atoms with Crippen LogP contribution in [0.5, 0.6) is 0 Å². The standard InChI is InChI=1S/C10H11N5S/c1-14-6-15-9(8-3-2-4-11-5-8)12-13-10(15)16-7-14/h2-5H,6-7H2,1H3. The Balaban J connectivity index is 2.07. The summed E-state index contributed by atoms with van der Waals surface area (Å²) in [6.07, 6.45) is 3.58. The van der Waals surface area contributed by atoms with Gasteiger partial charge in [0.25, 0.3) is 0 Å². The molecule has 0 radical (unpaired) electrons. The minimum atomic E-state index is 0.833. The molecule has 0 N–H and O–H groups in total. The van der Waals surface area contributed by atoms with Crippen molar-refractivity contribution in [1.82, 2.24) is 24.6 Å². The third kappa shape index (κ3) is 1.60. The van der Waals surface area contributed by atoms with Crippen molar-refractivity contribution < 1.29 is 0 Å². The Bertz CT molecular complexity index is 495. The van der Waals surface area contributed by atoms with E-state index >= 15 is 0 Å². The van der Waals surface area contributed by atoms with Crippen LogP contribution in [0.3, 0.4) is 0 Å². The molecule has 2 aromatic rings. The fourth-order valence-corrected chi connectivity index (χ4v) is 2.50. The van der Waals surface area contributed by atoms with Gasteiger partial charge < -0.3 is 0 Å². The summed E-state index contributed by atoms with van der Waals surface area (Å²) in [5, 5.41) is 9.40. The topological polar surface area (TPSA) is 46.8 Å². The first-order valence-corrected chi connectivity index (χ1v) is 5.98. The largest absolute Gasteiger partial charge is 0.288 e. The van der Waals surface area contributed by atoms with E-state index in [0.29, 0.717) is 0 Å². The molecule has 3 rings (SSSR count). The number of fused-ring (bicyclic) bond motifs is 1. The van der Waals surface area contributed by atoms with Crippen LogP contribution in [0.15, 0.2) is 29.7 Å². The molecule has 0 amide bonds. The second-order valence-corrected chi connectivity index (χ2v) is 4.66. The third-order valence-electron chi connectivity index (χ3n) is 2.43. The number of hydrogen-bond acceptors (Lipinski definition) is 5. The maximum absolute atomic E-state index is 4.23. The van der Waals surface area contributed by atoms with E-state index in [-0.39, 0.29) is 0 Å². The summed E-state index contributed by atoms with van der Waals surface area (Å²) in [5.41, 5.74) is 1.01. The van der Waals surface area contributed by atoms with Crippen molar-refractivity contribution in [3.8, 4) is 11.4 Å². The number of rotatable bonds is 1. The summed E-state index contributed by atoms with van der Waals surface area (Å²) in [5.74, 6) is 1.85. The van der Waals surface area contributed by atoms with Gasteiger partial charge in [-0.1, -0.05) is 11.8 Å². The lowest BCUT2D eigenvalue weighted by molar-refractivity contribution is 0.291. The Morgan fingerprint density at radius 2 is 2.31 bits per heavy atom. The van der Waals surface area contributed by atoms with Gasteiger partial charge in [-0.15, -0.1) is 10.2 Å². The molecular weight excluding hydrogens is 222 g/mol. The zero-order valence-corrected chi connectivity index (χ0v) is 9.68. The first-order chi connectivity index (χ1) is 7.84. The number of pyridine rings is 1. The second-order valence-electron chi connectivity index (χ2n) is 3.75. The van der Waals surface area contributed by atoms with E-state index < -0.39 is 0 Å². The summed E-state index contributed by atoms with van der Waals surface area (Å²) >= 11 is 1.71. The van der Waals surface area contributed by atoms with Gasteiger partial charge >= 0.3 is 0 Å². The quantitative estimate of drug-likeness (QED) is 0.743. The van der Waals surface area contributed by atoms with Crippen LogP contribution < -0.4 is 0 Å². The van der Waals surface area contributed by atoms with Crippen LogP contribution in [-0.4, -0.2) is 37.6 Å². The van der Waals surface area contributed by atoms with Gasteiger partial charge in [-0.3, -0.25) is 14.5 Å². The normalized spacial score (nSPS) is 16.1. The summed E-state index contributed by atoms with van der Waals surface area (Å²) < 4.78 is 2.12. The highest BCUT2D eigenvalue weighted by Crippen LogP contribution is 2.27. The van der Waals surface area contributed by atoms with Crippen molar-refractivity contribution in [2.75, 3.05) is 12.9 Å². The van der Waals surface area contributed by atoms with Gasteiger partial charge in [0, 0.05) is 18.0 Å². The summed E-state index contributed by atoms with van der Waals surface area (Å²) in [6.45, 7) is 0.833. The monoisotopic (exact) mass is 233 g/mol. The highest BCUT2D eigenvalue weighted by molar-refractivity contribution is 7.99. The van der Waals surface area contributed by atoms with Gasteiger partial charge in [-0.2, -0.15) is 0 Å². The van der Waals surface area contributed by atoms with Crippen molar-refractivity contribution in [3.05, 3.63) is 24.5 Å². The molecule has 5 nitrogen and oxygen atoms in total. The van der Waals surface area contributed by atoms with Crippen molar-refractivity contribution in [2.45, 2.75) is 11.8 Å². The van der Waals surface area contributed by atoms with Crippen molar-refractivity contribution in [1.29, 1.82) is 0 Å². The average Bonchev–Trinajstić information content (AvgIpc) is 2.73. The lowest BCUT2D eigenvalue weighted by Crippen LogP contribution is -2.26. The summed E-state index contributed by atoms with van der Waals surface area (Å²) in [6, 6.07) is 3.92. The zero-order chi connectivity index (χ0) is 11.0. The molecule has 0 saturated heterocycles. The van der Waals surface area contributed by atoms with Crippen molar-refractivity contribution in [2.24, 2.45) is 0 Å². The Labute approximate surface area is 97.5 Å². The van der Waals surface area contributed by atoms with Crippen LogP contribution in [0.4, 0.5) is 0 Å². The van der Waals surface area contributed by atoms with Crippen molar-refractivity contribution in [3.63, 3.8) is 0 Å². The minimum Gasteiger partial charge on any atom is -0.288 e. The van der Waals surface area contributed by atoms with E-state index in [0.717, 1.165) is 29.1 Å². The second kappa shape index (κ2) is 3.88. The average molecular weight is 233 g/mol. The molecule has 1 aliphatic heterocycles. The molecule has 3 heterocycles. The fraction of sp³-hybridized carbons (Fsp3) is 0.300.